The van der Waals surface area contributed by atoms with Gasteiger partial charge >= 0.3 is 0 Å². The molecular formula is C32H50O4. The molecule has 0 aliphatic rings. The van der Waals surface area contributed by atoms with Crippen molar-refractivity contribution in [1.82, 2.24) is 0 Å². The van der Waals surface area contributed by atoms with Crippen molar-refractivity contribution in [1.29, 1.82) is 0 Å². The Bertz CT molecular complexity index is 979. The van der Waals surface area contributed by atoms with Gasteiger partial charge in [0.2, 0.25) is 0 Å². The molecule has 0 amide bonds. The van der Waals surface area contributed by atoms with Crippen LogP contribution in [-0.2, 0) is 23.7 Å². The zero-order valence-corrected chi connectivity index (χ0v) is 23.7. The number of hydrogen-bond acceptors (Lipinski definition) is 4. The van der Waals surface area contributed by atoms with E-state index in [9.17, 15) is 15.3 Å². The third-order valence-electron chi connectivity index (χ3n) is 7.09. The van der Waals surface area contributed by atoms with Gasteiger partial charge in [0.15, 0.2) is 0 Å². The molecular weight excluding hydrogens is 448 g/mol. The van der Waals surface area contributed by atoms with E-state index in [1.165, 1.54) is 5.56 Å². The van der Waals surface area contributed by atoms with Gasteiger partial charge in [-0.3, -0.25) is 0 Å². The Morgan fingerprint density at radius 2 is 1.08 bits per heavy atom. The minimum absolute atomic E-state index is 0.132. The van der Waals surface area contributed by atoms with Gasteiger partial charge in [0.1, 0.15) is 11.5 Å². The zero-order valence-electron chi connectivity index (χ0n) is 23.7. The molecule has 0 aliphatic carbocycles. The van der Waals surface area contributed by atoms with E-state index in [4.69, 9.17) is 5.11 Å². The highest BCUT2D eigenvalue weighted by molar-refractivity contribution is 5.56. The van der Waals surface area contributed by atoms with Crippen LogP contribution in [0.4, 0.5) is 0 Å². The molecule has 0 saturated heterocycles. The minimum Gasteiger partial charge on any atom is -0.507 e. The van der Waals surface area contributed by atoms with Crippen molar-refractivity contribution >= 4 is 0 Å². The first kappa shape index (κ1) is 30.2. The quantitative estimate of drug-likeness (QED) is 0.232. The maximum Gasteiger partial charge on any atom is 0.123 e. The van der Waals surface area contributed by atoms with E-state index in [0.29, 0.717) is 17.9 Å². The van der Waals surface area contributed by atoms with Gasteiger partial charge in [-0.1, -0.05) is 85.6 Å². The van der Waals surface area contributed by atoms with Crippen LogP contribution < -0.4 is 0 Å². The minimum atomic E-state index is -0.238. The normalized spacial score (nSPS) is 13.2. The van der Waals surface area contributed by atoms with Crippen LogP contribution >= 0.6 is 0 Å². The van der Waals surface area contributed by atoms with Crippen LogP contribution in [0.25, 0.3) is 0 Å². The summed E-state index contributed by atoms with van der Waals surface area (Å²) in [7, 11) is 0. The first-order valence-electron chi connectivity index (χ1n) is 13.8. The Hall–Kier alpha value is -2.04. The lowest BCUT2D eigenvalue weighted by molar-refractivity contribution is 0.283. The second-order valence-electron chi connectivity index (χ2n) is 12.4. The van der Waals surface area contributed by atoms with E-state index in [1.54, 1.807) is 0 Å². The van der Waals surface area contributed by atoms with E-state index in [0.717, 1.165) is 72.8 Å². The molecule has 2 rings (SSSR count). The molecule has 1 unspecified atom stereocenters. The highest BCUT2D eigenvalue weighted by atomic mass is 16.3. The molecule has 4 nitrogen and oxygen atoms in total. The molecule has 36 heavy (non-hydrogen) atoms. The molecule has 0 bridgehead atoms. The predicted molar refractivity (Wildman–Crippen MR) is 150 cm³/mol. The summed E-state index contributed by atoms with van der Waals surface area (Å²) in [5.41, 5.74) is 5.43. The fourth-order valence-corrected chi connectivity index (χ4v) is 5.07. The number of hydrogen-bond donors (Lipinski definition) is 4. The smallest absolute Gasteiger partial charge is 0.123 e. The summed E-state index contributed by atoms with van der Waals surface area (Å²) >= 11 is 0. The number of aliphatic hydroxyl groups excluding tert-OH is 2. The molecule has 0 radical (unpaired) electrons. The molecule has 202 valence electrons. The Balaban J connectivity index is 2.74. The van der Waals surface area contributed by atoms with Crippen LogP contribution in [0.3, 0.4) is 0 Å². The van der Waals surface area contributed by atoms with Crippen molar-refractivity contribution in [3.05, 3.63) is 57.6 Å². The number of phenolic OH excluding ortho intramolecular Hbond substituents is 2. The van der Waals surface area contributed by atoms with Gasteiger partial charge in [-0.05, 0) is 71.6 Å². The van der Waals surface area contributed by atoms with Crippen molar-refractivity contribution in [2.45, 2.75) is 117 Å². The molecule has 0 spiro atoms. The number of phenols is 2. The van der Waals surface area contributed by atoms with Crippen LogP contribution in [-0.4, -0.2) is 33.6 Å². The maximum absolute atomic E-state index is 11.6. The Kier molecular flexibility index (Phi) is 10.9. The van der Waals surface area contributed by atoms with Crippen LogP contribution in [0.5, 0.6) is 11.5 Å². The molecule has 4 heteroatoms. The first-order chi connectivity index (χ1) is 16.8. The summed E-state index contributed by atoms with van der Waals surface area (Å²) < 4.78 is 0. The van der Waals surface area contributed by atoms with E-state index in [1.807, 2.05) is 0 Å². The van der Waals surface area contributed by atoms with E-state index >= 15 is 0 Å². The van der Waals surface area contributed by atoms with Gasteiger partial charge in [0, 0.05) is 30.3 Å². The van der Waals surface area contributed by atoms with Crippen molar-refractivity contribution < 1.29 is 20.4 Å². The second-order valence-corrected chi connectivity index (χ2v) is 12.4. The summed E-state index contributed by atoms with van der Waals surface area (Å²) in [4.78, 5) is 0. The highest BCUT2D eigenvalue weighted by Crippen LogP contribution is 2.46. The molecule has 0 aromatic heterocycles. The molecule has 0 aliphatic heterocycles. The number of rotatable bonds is 12. The van der Waals surface area contributed by atoms with Gasteiger partial charge in [0.25, 0.3) is 0 Å². The average molecular weight is 499 g/mol. The largest absolute Gasteiger partial charge is 0.507 e. The molecule has 0 heterocycles. The predicted octanol–water partition coefficient (Wildman–Crippen LogP) is 7.25. The monoisotopic (exact) mass is 498 g/mol. The van der Waals surface area contributed by atoms with E-state index < -0.39 is 0 Å². The van der Waals surface area contributed by atoms with Crippen molar-refractivity contribution in [3.8, 4) is 11.5 Å². The third kappa shape index (κ3) is 7.73. The van der Waals surface area contributed by atoms with Crippen molar-refractivity contribution in [2.24, 2.45) is 0 Å². The van der Waals surface area contributed by atoms with Gasteiger partial charge in [0.05, 0.1) is 0 Å². The number of unbranched alkanes of at least 4 members (excludes halogenated alkanes) is 2. The topological polar surface area (TPSA) is 80.9 Å². The van der Waals surface area contributed by atoms with Gasteiger partial charge < -0.3 is 20.4 Å². The number of aliphatic hydroxyl groups is 2. The SMILES string of the molecule is CCCC(c1cc(CCCO)cc(C(C)(C)C)c1O)c1cc(CCCCCO)cc(C(C)(C)C)c1O. The summed E-state index contributed by atoms with van der Waals surface area (Å²) in [5, 5.41) is 41.8. The van der Waals surface area contributed by atoms with Gasteiger partial charge in [-0.2, -0.15) is 0 Å². The first-order valence-corrected chi connectivity index (χ1v) is 13.8. The highest BCUT2D eigenvalue weighted by Gasteiger charge is 2.29. The van der Waals surface area contributed by atoms with Gasteiger partial charge in [-0.25, -0.2) is 0 Å². The molecule has 2 aromatic rings. The fourth-order valence-electron chi connectivity index (χ4n) is 5.07. The summed E-state index contributed by atoms with van der Waals surface area (Å²) in [5.74, 6) is 0.514. The Morgan fingerprint density at radius 3 is 1.47 bits per heavy atom. The molecule has 0 saturated carbocycles. The molecule has 1 atom stereocenters. The fraction of sp³-hybridized carbons (Fsp3) is 0.625. The molecule has 4 N–H and O–H groups in total. The summed E-state index contributed by atoms with van der Waals surface area (Å²) in [6.07, 6.45) is 6.81. The summed E-state index contributed by atoms with van der Waals surface area (Å²) in [6, 6.07) is 8.44. The van der Waals surface area contributed by atoms with E-state index in [2.05, 4.69) is 72.7 Å². The molecule has 0 fully saturated rings. The lowest BCUT2D eigenvalue weighted by atomic mass is 9.76. The van der Waals surface area contributed by atoms with Crippen LogP contribution in [0.15, 0.2) is 24.3 Å². The lowest BCUT2D eigenvalue weighted by Gasteiger charge is -2.29. The standard InChI is InChI=1S/C32H50O4/c1-8-13-24(26-19-23(15-12-17-34)21-28(30(26)36)32(5,6)7)25-18-22(14-10-9-11-16-33)20-27(29(25)35)31(2,3)4/h18-21,24,33-36H,8-17H2,1-7H3. The summed E-state index contributed by atoms with van der Waals surface area (Å²) in [6.45, 7) is 15.2. The average Bonchev–Trinajstić information content (AvgIpc) is 2.79. The van der Waals surface area contributed by atoms with Crippen LogP contribution in [0, 0.1) is 0 Å². The third-order valence-corrected chi connectivity index (χ3v) is 7.09. The van der Waals surface area contributed by atoms with Crippen LogP contribution in [0.1, 0.15) is 126 Å². The number of benzene rings is 2. The number of aromatic hydroxyl groups is 2. The molecule has 2 aromatic carbocycles. The maximum atomic E-state index is 11.6. The van der Waals surface area contributed by atoms with E-state index in [-0.39, 0.29) is 30.0 Å². The van der Waals surface area contributed by atoms with Crippen molar-refractivity contribution in [3.63, 3.8) is 0 Å². The lowest BCUT2D eigenvalue weighted by Crippen LogP contribution is -2.16. The van der Waals surface area contributed by atoms with Crippen LogP contribution in [0.2, 0.25) is 0 Å². The Morgan fingerprint density at radius 1 is 0.639 bits per heavy atom. The van der Waals surface area contributed by atoms with Gasteiger partial charge in [-0.15, -0.1) is 0 Å². The second kappa shape index (κ2) is 13.0. The zero-order chi connectivity index (χ0) is 27.1. The van der Waals surface area contributed by atoms with Crippen molar-refractivity contribution in [2.75, 3.05) is 13.2 Å². The number of aryl methyl sites for hydroxylation is 2. The Labute approximate surface area is 219 Å².